The molecule has 7 nitrogen and oxygen atoms in total. The van der Waals surface area contributed by atoms with Crippen LogP contribution in [0.5, 0.6) is 0 Å². The number of amides is 2. The number of hydrogen-bond donors (Lipinski definition) is 2. The summed E-state index contributed by atoms with van der Waals surface area (Å²) >= 11 is 6.04. The van der Waals surface area contributed by atoms with Gasteiger partial charge in [0.2, 0.25) is 0 Å². The molecular weight excluding hydrogens is 392 g/mol. The van der Waals surface area contributed by atoms with Crippen molar-refractivity contribution in [1.29, 1.82) is 0 Å². The predicted molar refractivity (Wildman–Crippen MR) is 109 cm³/mol. The van der Waals surface area contributed by atoms with Crippen molar-refractivity contribution in [3.63, 3.8) is 0 Å². The summed E-state index contributed by atoms with van der Waals surface area (Å²) in [6.07, 6.45) is 2.30. The van der Waals surface area contributed by atoms with E-state index in [2.05, 4.69) is 15.3 Å². The number of carbonyl (C=O) groups is 2. The molecule has 2 amide bonds. The van der Waals surface area contributed by atoms with Gasteiger partial charge in [-0.25, -0.2) is 14.6 Å². The van der Waals surface area contributed by atoms with Crippen molar-refractivity contribution < 1.29 is 14.3 Å². The molecule has 0 spiro atoms. The van der Waals surface area contributed by atoms with Crippen molar-refractivity contribution in [3.05, 3.63) is 82.4 Å². The van der Waals surface area contributed by atoms with E-state index in [9.17, 15) is 9.59 Å². The number of rotatable bonds is 3. The van der Waals surface area contributed by atoms with Crippen LogP contribution in [-0.2, 0) is 11.2 Å². The number of aromatic nitrogens is 2. The first-order valence-electron chi connectivity index (χ1n) is 9.11. The number of urea groups is 1. The summed E-state index contributed by atoms with van der Waals surface area (Å²) in [6, 6.07) is 13.4. The molecule has 2 heterocycles. The van der Waals surface area contributed by atoms with Crippen molar-refractivity contribution in [2.24, 2.45) is 0 Å². The molecule has 1 aliphatic rings. The summed E-state index contributed by atoms with van der Waals surface area (Å²) in [5.41, 5.74) is 3.40. The number of aromatic amines is 1. The highest BCUT2D eigenvalue weighted by molar-refractivity contribution is 6.30. The largest absolute Gasteiger partial charge is 0.465 e. The molecule has 0 bridgehead atoms. The van der Waals surface area contributed by atoms with Gasteiger partial charge in [0.15, 0.2) is 0 Å². The van der Waals surface area contributed by atoms with E-state index in [4.69, 9.17) is 16.3 Å². The molecule has 4 rings (SSSR count). The van der Waals surface area contributed by atoms with Crippen molar-refractivity contribution >= 4 is 29.3 Å². The first-order valence-corrected chi connectivity index (χ1v) is 9.49. The lowest BCUT2D eigenvalue weighted by Gasteiger charge is -2.35. The molecule has 2 aromatic carbocycles. The summed E-state index contributed by atoms with van der Waals surface area (Å²) in [5, 5.41) is 3.47. The number of nitrogens with zero attached hydrogens (tertiary/aromatic N) is 2. The number of fused-ring (bicyclic) bond motifs is 1. The lowest BCUT2D eigenvalue weighted by atomic mass is 9.96. The zero-order valence-electron chi connectivity index (χ0n) is 15.7. The van der Waals surface area contributed by atoms with Crippen molar-refractivity contribution in [3.8, 4) is 0 Å². The molecule has 0 fully saturated rings. The van der Waals surface area contributed by atoms with Crippen LogP contribution in [0.3, 0.4) is 0 Å². The minimum absolute atomic E-state index is 0.295. The fourth-order valence-corrected chi connectivity index (χ4v) is 3.67. The smallest absolute Gasteiger partial charge is 0.339 e. The fraction of sp³-hybridized carbons (Fsp3) is 0.190. The second kappa shape index (κ2) is 7.97. The Hall–Kier alpha value is -3.32. The minimum Gasteiger partial charge on any atom is -0.465 e. The van der Waals surface area contributed by atoms with E-state index in [0.717, 1.165) is 17.0 Å². The van der Waals surface area contributed by atoms with Crippen LogP contribution in [-0.4, -0.2) is 40.5 Å². The molecule has 0 radical (unpaired) electrons. The van der Waals surface area contributed by atoms with Crippen LogP contribution in [0.15, 0.2) is 54.9 Å². The van der Waals surface area contributed by atoms with Gasteiger partial charge in [0, 0.05) is 23.7 Å². The second-order valence-electron chi connectivity index (χ2n) is 6.63. The van der Waals surface area contributed by atoms with Gasteiger partial charge in [-0.3, -0.25) is 0 Å². The van der Waals surface area contributed by atoms with Crippen LogP contribution in [0.1, 0.15) is 33.4 Å². The van der Waals surface area contributed by atoms with E-state index in [-0.39, 0.29) is 12.1 Å². The van der Waals surface area contributed by atoms with E-state index >= 15 is 0 Å². The Balaban J connectivity index is 1.67. The Bertz CT molecular complexity index is 1050. The lowest BCUT2D eigenvalue weighted by Crippen LogP contribution is -2.43. The Labute approximate surface area is 172 Å². The summed E-state index contributed by atoms with van der Waals surface area (Å²) in [5.74, 6) is -0.511. The standard InChI is InChI=1S/C21H19ClN4O3/c1-29-20(27)15-4-2-3-5-16(15)25-21(28)26-11-10-17-18(24-12-23-17)19(26)13-6-8-14(22)9-7-13/h2-9,12,19H,10-11H2,1H3,(H,23,24)(H,25,28). The molecule has 148 valence electrons. The number of ether oxygens (including phenoxy) is 1. The highest BCUT2D eigenvalue weighted by Crippen LogP contribution is 2.34. The van der Waals surface area contributed by atoms with Gasteiger partial charge < -0.3 is 19.9 Å². The third-order valence-corrected chi connectivity index (χ3v) is 5.20. The number of nitrogens with one attached hydrogen (secondary N) is 2. The van der Waals surface area contributed by atoms with E-state index < -0.39 is 5.97 Å². The number of para-hydroxylation sites is 1. The van der Waals surface area contributed by atoms with Crippen LogP contribution < -0.4 is 5.32 Å². The lowest BCUT2D eigenvalue weighted by molar-refractivity contribution is 0.0602. The number of methoxy groups -OCH3 is 1. The average molecular weight is 411 g/mol. The predicted octanol–water partition coefficient (Wildman–Crippen LogP) is 4.03. The van der Waals surface area contributed by atoms with Crippen LogP contribution in [0.25, 0.3) is 0 Å². The zero-order chi connectivity index (χ0) is 20.4. The van der Waals surface area contributed by atoms with Gasteiger partial charge in [-0.05, 0) is 29.8 Å². The molecular formula is C21H19ClN4O3. The minimum atomic E-state index is -0.511. The Kier molecular flexibility index (Phi) is 5.22. The molecule has 1 aliphatic heterocycles. The molecule has 8 heteroatoms. The van der Waals surface area contributed by atoms with E-state index in [1.165, 1.54) is 7.11 Å². The Morgan fingerprint density at radius 2 is 1.97 bits per heavy atom. The van der Waals surface area contributed by atoms with Crippen molar-refractivity contribution in [2.45, 2.75) is 12.5 Å². The quantitative estimate of drug-likeness (QED) is 0.638. The number of imidazole rings is 1. The van der Waals surface area contributed by atoms with E-state index in [1.54, 1.807) is 47.6 Å². The maximum Gasteiger partial charge on any atom is 0.339 e. The van der Waals surface area contributed by atoms with Crippen LogP contribution >= 0.6 is 11.6 Å². The zero-order valence-corrected chi connectivity index (χ0v) is 16.4. The number of carbonyl (C=O) groups excluding carboxylic acids is 2. The third kappa shape index (κ3) is 3.69. The monoisotopic (exact) mass is 410 g/mol. The molecule has 0 aliphatic carbocycles. The molecule has 29 heavy (non-hydrogen) atoms. The van der Waals surface area contributed by atoms with Gasteiger partial charge in [0.05, 0.1) is 30.4 Å². The van der Waals surface area contributed by atoms with Crippen molar-refractivity contribution in [2.75, 3.05) is 19.0 Å². The summed E-state index contributed by atoms with van der Waals surface area (Å²) in [6.45, 7) is 0.495. The van der Waals surface area contributed by atoms with Gasteiger partial charge in [-0.15, -0.1) is 0 Å². The van der Waals surface area contributed by atoms with Gasteiger partial charge in [-0.2, -0.15) is 0 Å². The van der Waals surface area contributed by atoms with Crippen LogP contribution in [0.2, 0.25) is 5.02 Å². The topological polar surface area (TPSA) is 87.3 Å². The summed E-state index contributed by atoms with van der Waals surface area (Å²) in [4.78, 5) is 34.5. The number of esters is 1. The third-order valence-electron chi connectivity index (χ3n) is 4.95. The highest BCUT2D eigenvalue weighted by atomic mass is 35.5. The normalized spacial score (nSPS) is 15.5. The highest BCUT2D eigenvalue weighted by Gasteiger charge is 2.34. The molecule has 1 unspecified atom stereocenters. The fourth-order valence-electron chi connectivity index (χ4n) is 3.55. The first-order chi connectivity index (χ1) is 14.1. The molecule has 0 saturated heterocycles. The SMILES string of the molecule is COC(=O)c1ccccc1NC(=O)N1CCc2[nH]cnc2C1c1ccc(Cl)cc1. The Morgan fingerprint density at radius 1 is 1.21 bits per heavy atom. The van der Waals surface area contributed by atoms with Gasteiger partial charge >= 0.3 is 12.0 Å². The first kappa shape index (κ1) is 19.0. The average Bonchev–Trinajstić information content (AvgIpc) is 3.22. The second-order valence-corrected chi connectivity index (χ2v) is 7.07. The van der Waals surface area contributed by atoms with Crippen molar-refractivity contribution in [1.82, 2.24) is 14.9 Å². The summed E-state index contributed by atoms with van der Waals surface area (Å²) < 4.78 is 4.81. The van der Waals surface area contributed by atoms with E-state index in [1.807, 2.05) is 12.1 Å². The molecule has 0 saturated carbocycles. The number of H-pyrrole nitrogens is 1. The van der Waals surface area contributed by atoms with Gasteiger partial charge in [0.1, 0.15) is 6.04 Å². The maximum absolute atomic E-state index is 13.2. The maximum atomic E-state index is 13.2. The van der Waals surface area contributed by atoms with Crippen LogP contribution in [0, 0.1) is 0 Å². The van der Waals surface area contributed by atoms with E-state index in [0.29, 0.717) is 29.2 Å². The molecule has 1 atom stereocenters. The Morgan fingerprint density at radius 3 is 2.72 bits per heavy atom. The number of anilines is 1. The van der Waals surface area contributed by atoms with Gasteiger partial charge in [0.25, 0.3) is 0 Å². The number of halogens is 1. The molecule has 1 aromatic heterocycles. The van der Waals surface area contributed by atoms with Gasteiger partial charge in [-0.1, -0.05) is 35.9 Å². The number of benzene rings is 2. The summed E-state index contributed by atoms with van der Waals surface area (Å²) in [7, 11) is 1.31. The van der Waals surface area contributed by atoms with Crippen LogP contribution in [0.4, 0.5) is 10.5 Å². The molecule has 2 N–H and O–H groups in total. The number of hydrogen-bond acceptors (Lipinski definition) is 4. The molecule has 3 aromatic rings.